The largest absolute Gasteiger partial charge is 0.332 e. The average molecular weight is 460 g/mol. The molecule has 136 valence electrons. The molecule has 0 spiro atoms. The third-order valence-corrected chi connectivity index (χ3v) is 5.65. The molecule has 1 unspecified atom stereocenters. The van der Waals surface area contributed by atoms with Crippen LogP contribution in [-0.2, 0) is 11.2 Å². The Labute approximate surface area is 168 Å². The van der Waals surface area contributed by atoms with Crippen molar-refractivity contribution in [1.82, 2.24) is 4.90 Å². The van der Waals surface area contributed by atoms with E-state index >= 15 is 0 Å². The normalized spacial score (nSPS) is 20.2. The third kappa shape index (κ3) is 3.10. The highest BCUT2D eigenvalue weighted by molar-refractivity contribution is 9.10. The number of hydrogen-bond donors (Lipinski definition) is 0. The SMILES string of the molecule is CN1C(=O)N(c2cc(Cl)c(F)c(Cl)c2)C(=O)C1(C)Cc1ccc(Br)cc1. The first-order valence-corrected chi connectivity index (χ1v) is 9.21. The Morgan fingerprint density at radius 2 is 1.65 bits per heavy atom. The Balaban J connectivity index is 1.99. The number of carbonyl (C=O) groups is 2. The van der Waals surface area contributed by atoms with E-state index in [1.807, 2.05) is 24.3 Å². The Morgan fingerprint density at radius 1 is 1.12 bits per heavy atom. The van der Waals surface area contributed by atoms with Gasteiger partial charge in [-0.15, -0.1) is 0 Å². The summed E-state index contributed by atoms with van der Waals surface area (Å²) in [6, 6.07) is 9.43. The Bertz CT molecular complexity index is 884. The molecule has 1 heterocycles. The fraction of sp³-hybridized carbons (Fsp3) is 0.222. The molecule has 4 nitrogen and oxygen atoms in total. The van der Waals surface area contributed by atoms with Crippen LogP contribution in [0.15, 0.2) is 40.9 Å². The second-order valence-electron chi connectivity index (χ2n) is 6.28. The van der Waals surface area contributed by atoms with Crippen LogP contribution in [0.2, 0.25) is 10.0 Å². The van der Waals surface area contributed by atoms with Crippen LogP contribution in [0, 0.1) is 5.82 Å². The molecule has 26 heavy (non-hydrogen) atoms. The van der Waals surface area contributed by atoms with Crippen LogP contribution >= 0.6 is 39.1 Å². The lowest BCUT2D eigenvalue weighted by Gasteiger charge is -2.28. The molecule has 2 aromatic carbocycles. The van der Waals surface area contributed by atoms with Gasteiger partial charge in [0.15, 0.2) is 5.82 Å². The highest BCUT2D eigenvalue weighted by Gasteiger charge is 2.53. The fourth-order valence-electron chi connectivity index (χ4n) is 2.93. The van der Waals surface area contributed by atoms with Crippen LogP contribution in [-0.4, -0.2) is 29.4 Å². The number of carbonyl (C=O) groups excluding carboxylic acids is 2. The molecule has 0 N–H and O–H groups in total. The van der Waals surface area contributed by atoms with Crippen LogP contribution in [0.3, 0.4) is 0 Å². The molecule has 1 saturated heterocycles. The predicted molar refractivity (Wildman–Crippen MR) is 103 cm³/mol. The first-order valence-electron chi connectivity index (χ1n) is 7.66. The molecule has 8 heteroatoms. The lowest BCUT2D eigenvalue weighted by molar-refractivity contribution is -0.123. The second kappa shape index (κ2) is 6.83. The zero-order valence-electron chi connectivity index (χ0n) is 13.9. The standard InChI is InChI=1S/C18H14BrCl2FN2O2/c1-18(9-10-3-5-11(19)6-4-10)16(25)24(17(26)23(18)2)12-7-13(20)15(22)14(21)8-12/h3-8H,9H2,1-2H3. The number of likely N-dealkylation sites (N-methyl/N-ethyl adjacent to an activating group) is 1. The number of imide groups is 1. The number of halogens is 4. The number of amides is 3. The molecule has 0 aliphatic carbocycles. The molecule has 0 radical (unpaired) electrons. The van der Waals surface area contributed by atoms with Gasteiger partial charge in [-0.2, -0.15) is 0 Å². The molecular formula is C18H14BrCl2FN2O2. The Kier molecular flexibility index (Phi) is 5.03. The van der Waals surface area contributed by atoms with Crippen LogP contribution in [0.5, 0.6) is 0 Å². The summed E-state index contributed by atoms with van der Waals surface area (Å²) in [5.74, 6) is -1.21. The second-order valence-corrected chi connectivity index (χ2v) is 8.01. The highest BCUT2D eigenvalue weighted by atomic mass is 79.9. The lowest BCUT2D eigenvalue weighted by Crippen LogP contribution is -2.47. The van der Waals surface area contributed by atoms with Crippen LogP contribution in [0.25, 0.3) is 0 Å². The van der Waals surface area contributed by atoms with Gasteiger partial charge in [0.05, 0.1) is 15.7 Å². The smallest absolute Gasteiger partial charge is 0.312 e. The van der Waals surface area contributed by atoms with Gasteiger partial charge in [-0.05, 0) is 36.8 Å². The van der Waals surface area contributed by atoms with Crippen LogP contribution in [0.1, 0.15) is 12.5 Å². The van der Waals surface area contributed by atoms with E-state index in [1.165, 1.54) is 17.0 Å². The molecule has 0 saturated carbocycles. The molecule has 2 aromatic rings. The molecule has 3 amide bonds. The van der Waals surface area contributed by atoms with Gasteiger partial charge in [0.2, 0.25) is 0 Å². The van der Waals surface area contributed by atoms with E-state index in [9.17, 15) is 14.0 Å². The van der Waals surface area contributed by atoms with Crippen molar-refractivity contribution in [3.8, 4) is 0 Å². The van der Waals surface area contributed by atoms with Gasteiger partial charge in [-0.1, -0.05) is 51.3 Å². The molecular weight excluding hydrogens is 446 g/mol. The number of rotatable bonds is 3. The first-order chi connectivity index (χ1) is 12.1. The maximum atomic E-state index is 13.7. The van der Waals surface area contributed by atoms with Gasteiger partial charge in [0.1, 0.15) is 5.54 Å². The van der Waals surface area contributed by atoms with E-state index in [4.69, 9.17) is 23.2 Å². The predicted octanol–water partition coefficient (Wildman–Crippen LogP) is 5.29. The van der Waals surface area contributed by atoms with Crippen LogP contribution in [0.4, 0.5) is 14.9 Å². The van der Waals surface area contributed by atoms with E-state index in [0.717, 1.165) is 14.9 Å². The maximum absolute atomic E-state index is 13.7. The molecule has 1 aliphatic rings. The van der Waals surface area contributed by atoms with E-state index in [-0.39, 0.29) is 15.7 Å². The van der Waals surface area contributed by atoms with Crippen molar-refractivity contribution in [3.63, 3.8) is 0 Å². The molecule has 3 rings (SSSR count). The topological polar surface area (TPSA) is 40.6 Å². The minimum Gasteiger partial charge on any atom is -0.312 e. The summed E-state index contributed by atoms with van der Waals surface area (Å²) in [7, 11) is 1.56. The van der Waals surface area contributed by atoms with Gasteiger partial charge in [-0.25, -0.2) is 14.1 Å². The number of nitrogens with zero attached hydrogens (tertiary/aromatic N) is 2. The quantitative estimate of drug-likeness (QED) is 0.461. The van der Waals surface area contributed by atoms with Gasteiger partial charge in [0.25, 0.3) is 5.91 Å². The number of benzene rings is 2. The molecule has 1 fully saturated rings. The number of hydrogen-bond acceptors (Lipinski definition) is 2. The fourth-order valence-corrected chi connectivity index (χ4v) is 3.67. The van der Waals surface area contributed by atoms with Gasteiger partial charge in [0, 0.05) is 17.9 Å². The van der Waals surface area contributed by atoms with E-state index in [1.54, 1.807) is 14.0 Å². The van der Waals surface area contributed by atoms with E-state index < -0.39 is 23.3 Å². The highest BCUT2D eigenvalue weighted by Crippen LogP contribution is 2.37. The zero-order valence-corrected chi connectivity index (χ0v) is 17.0. The van der Waals surface area contributed by atoms with E-state index in [0.29, 0.717) is 6.42 Å². The van der Waals surface area contributed by atoms with Gasteiger partial charge < -0.3 is 4.90 Å². The van der Waals surface area contributed by atoms with Gasteiger partial charge >= 0.3 is 6.03 Å². The maximum Gasteiger partial charge on any atom is 0.332 e. The summed E-state index contributed by atoms with van der Waals surface area (Å²) >= 11 is 15.0. The molecule has 1 atom stereocenters. The number of anilines is 1. The molecule has 0 bridgehead atoms. The summed E-state index contributed by atoms with van der Waals surface area (Å²) in [6.07, 6.45) is 0.334. The third-order valence-electron chi connectivity index (χ3n) is 4.57. The lowest BCUT2D eigenvalue weighted by atomic mass is 9.91. The average Bonchev–Trinajstić information content (AvgIpc) is 2.75. The van der Waals surface area contributed by atoms with E-state index in [2.05, 4.69) is 15.9 Å². The first kappa shape index (κ1) is 19.1. The summed E-state index contributed by atoms with van der Waals surface area (Å²) in [6.45, 7) is 1.70. The van der Waals surface area contributed by atoms with Gasteiger partial charge in [-0.3, -0.25) is 4.79 Å². The van der Waals surface area contributed by atoms with Crippen molar-refractivity contribution in [3.05, 3.63) is 62.3 Å². The zero-order chi connectivity index (χ0) is 19.2. The van der Waals surface area contributed by atoms with Crippen molar-refractivity contribution >= 4 is 56.8 Å². The Hall–Kier alpha value is -1.63. The minimum absolute atomic E-state index is 0.141. The van der Waals surface area contributed by atoms with Crippen molar-refractivity contribution in [2.45, 2.75) is 18.9 Å². The summed E-state index contributed by atoms with van der Waals surface area (Å²) in [5.41, 5.74) is -0.0402. The van der Waals surface area contributed by atoms with Crippen molar-refractivity contribution in [1.29, 1.82) is 0 Å². The van der Waals surface area contributed by atoms with Crippen LogP contribution < -0.4 is 4.90 Å². The molecule has 1 aliphatic heterocycles. The van der Waals surface area contributed by atoms with Crippen molar-refractivity contribution < 1.29 is 14.0 Å². The Morgan fingerprint density at radius 3 is 2.19 bits per heavy atom. The van der Waals surface area contributed by atoms with Crippen molar-refractivity contribution in [2.75, 3.05) is 11.9 Å². The van der Waals surface area contributed by atoms with Crippen molar-refractivity contribution in [2.24, 2.45) is 0 Å². The summed E-state index contributed by atoms with van der Waals surface area (Å²) in [4.78, 5) is 28.2. The number of urea groups is 1. The molecule has 0 aromatic heterocycles. The summed E-state index contributed by atoms with van der Waals surface area (Å²) in [5, 5.41) is -0.505. The summed E-state index contributed by atoms with van der Waals surface area (Å²) < 4.78 is 14.6. The minimum atomic E-state index is -1.09. The monoisotopic (exact) mass is 458 g/mol.